The van der Waals surface area contributed by atoms with Crippen LogP contribution in [0.3, 0.4) is 0 Å². The second-order valence-electron chi connectivity index (χ2n) is 6.08. The van der Waals surface area contributed by atoms with Crippen molar-refractivity contribution in [2.24, 2.45) is 23.7 Å². The van der Waals surface area contributed by atoms with Crippen LogP contribution < -0.4 is 4.74 Å². The number of ether oxygens (including phenoxy) is 2. The first-order valence-corrected chi connectivity index (χ1v) is 7.84. The summed E-state index contributed by atoms with van der Waals surface area (Å²) in [5.41, 5.74) is 1.11. The first-order chi connectivity index (χ1) is 10.7. The topological polar surface area (TPSA) is 35.5 Å². The van der Waals surface area contributed by atoms with Crippen molar-refractivity contribution in [3.8, 4) is 5.75 Å². The molecule has 4 atom stereocenters. The SMILES string of the molecule is C=C[C@@H]1C[C@H](/C=C/c2ccc(OC)cc2)[C@H]2C(=O)OCC[C@@H]21. The monoisotopic (exact) mass is 298 g/mol. The average molecular weight is 298 g/mol. The van der Waals surface area contributed by atoms with Crippen molar-refractivity contribution in [3.05, 3.63) is 48.6 Å². The van der Waals surface area contributed by atoms with Gasteiger partial charge in [0.2, 0.25) is 0 Å². The number of methoxy groups -OCH3 is 1. The van der Waals surface area contributed by atoms with E-state index in [0.717, 1.165) is 24.2 Å². The van der Waals surface area contributed by atoms with Gasteiger partial charge in [0, 0.05) is 0 Å². The highest BCUT2D eigenvalue weighted by molar-refractivity contribution is 5.75. The third kappa shape index (κ3) is 2.80. The van der Waals surface area contributed by atoms with E-state index in [4.69, 9.17) is 9.47 Å². The number of carbonyl (C=O) groups excluding carboxylic acids is 1. The molecule has 1 aromatic carbocycles. The van der Waals surface area contributed by atoms with Gasteiger partial charge in [-0.25, -0.2) is 0 Å². The number of allylic oxidation sites excluding steroid dienone is 2. The van der Waals surface area contributed by atoms with Crippen LogP contribution in [0.1, 0.15) is 18.4 Å². The number of fused-ring (bicyclic) bond motifs is 1. The molecule has 0 bridgehead atoms. The molecule has 1 aliphatic heterocycles. The van der Waals surface area contributed by atoms with E-state index in [-0.39, 0.29) is 17.8 Å². The normalized spacial score (nSPS) is 30.9. The Morgan fingerprint density at radius 1 is 1.27 bits per heavy atom. The van der Waals surface area contributed by atoms with Crippen LogP contribution >= 0.6 is 0 Å². The maximum absolute atomic E-state index is 12.1. The van der Waals surface area contributed by atoms with Crippen LogP contribution in [0.4, 0.5) is 0 Å². The minimum absolute atomic E-state index is 0.00810. The highest BCUT2D eigenvalue weighted by atomic mass is 16.5. The molecule has 3 heteroatoms. The number of rotatable bonds is 4. The van der Waals surface area contributed by atoms with Gasteiger partial charge in [-0.2, -0.15) is 0 Å². The molecule has 0 radical (unpaired) electrons. The van der Waals surface area contributed by atoms with Gasteiger partial charge in [-0.3, -0.25) is 4.79 Å². The summed E-state index contributed by atoms with van der Waals surface area (Å²) in [7, 11) is 1.66. The van der Waals surface area contributed by atoms with Gasteiger partial charge >= 0.3 is 5.97 Å². The van der Waals surface area contributed by atoms with Crippen molar-refractivity contribution in [1.29, 1.82) is 0 Å². The molecule has 1 aromatic rings. The minimum Gasteiger partial charge on any atom is -0.497 e. The van der Waals surface area contributed by atoms with E-state index < -0.39 is 0 Å². The van der Waals surface area contributed by atoms with Crippen LogP contribution in [0.5, 0.6) is 5.75 Å². The van der Waals surface area contributed by atoms with Gasteiger partial charge in [-0.15, -0.1) is 6.58 Å². The zero-order valence-corrected chi connectivity index (χ0v) is 12.9. The summed E-state index contributed by atoms with van der Waals surface area (Å²) in [5.74, 6) is 1.85. The predicted molar refractivity (Wildman–Crippen MR) is 86.4 cm³/mol. The lowest BCUT2D eigenvalue weighted by atomic mass is 9.83. The summed E-state index contributed by atoms with van der Waals surface area (Å²) in [6.07, 6.45) is 8.21. The fourth-order valence-corrected chi connectivity index (χ4v) is 3.77. The van der Waals surface area contributed by atoms with Gasteiger partial charge in [0.15, 0.2) is 0 Å². The highest BCUT2D eigenvalue weighted by Gasteiger charge is 2.47. The van der Waals surface area contributed by atoms with Gasteiger partial charge in [0.25, 0.3) is 0 Å². The molecule has 0 N–H and O–H groups in total. The molecule has 3 rings (SSSR count). The van der Waals surface area contributed by atoms with Crippen LogP contribution in [-0.2, 0) is 9.53 Å². The molecule has 2 aliphatic rings. The van der Waals surface area contributed by atoms with E-state index in [9.17, 15) is 4.79 Å². The summed E-state index contributed by atoms with van der Waals surface area (Å²) in [6.45, 7) is 4.50. The second-order valence-corrected chi connectivity index (χ2v) is 6.08. The van der Waals surface area contributed by atoms with Crippen molar-refractivity contribution in [1.82, 2.24) is 0 Å². The molecule has 2 fully saturated rings. The second kappa shape index (κ2) is 6.39. The van der Waals surface area contributed by atoms with E-state index >= 15 is 0 Å². The smallest absolute Gasteiger partial charge is 0.309 e. The summed E-state index contributed by atoms with van der Waals surface area (Å²) in [6, 6.07) is 7.93. The fraction of sp³-hybridized carbons (Fsp3) is 0.421. The van der Waals surface area contributed by atoms with Gasteiger partial charge < -0.3 is 9.47 Å². The first kappa shape index (κ1) is 14.9. The van der Waals surface area contributed by atoms with Gasteiger partial charge in [-0.05, 0) is 48.3 Å². The lowest BCUT2D eigenvalue weighted by molar-refractivity contribution is -0.156. The Labute approximate surface area is 131 Å². The molecular weight excluding hydrogens is 276 g/mol. The third-order valence-electron chi connectivity index (χ3n) is 4.94. The zero-order valence-electron chi connectivity index (χ0n) is 12.9. The van der Waals surface area contributed by atoms with Crippen LogP contribution in [-0.4, -0.2) is 19.7 Å². The number of hydrogen-bond acceptors (Lipinski definition) is 3. The molecule has 0 aromatic heterocycles. The number of carbonyl (C=O) groups is 1. The van der Waals surface area contributed by atoms with Crippen molar-refractivity contribution >= 4 is 12.0 Å². The third-order valence-corrected chi connectivity index (χ3v) is 4.94. The zero-order chi connectivity index (χ0) is 15.5. The molecule has 22 heavy (non-hydrogen) atoms. The van der Waals surface area contributed by atoms with Crippen molar-refractivity contribution in [3.63, 3.8) is 0 Å². The quantitative estimate of drug-likeness (QED) is 0.628. The van der Waals surface area contributed by atoms with Gasteiger partial charge in [0.05, 0.1) is 19.6 Å². The summed E-state index contributed by atoms with van der Waals surface area (Å²) < 4.78 is 10.4. The van der Waals surface area contributed by atoms with Crippen LogP contribution in [0.25, 0.3) is 6.08 Å². The van der Waals surface area contributed by atoms with Crippen molar-refractivity contribution in [2.75, 3.05) is 13.7 Å². The molecular formula is C19H22O3. The Bertz CT molecular complexity index is 573. The Morgan fingerprint density at radius 2 is 2.05 bits per heavy atom. The molecule has 1 saturated carbocycles. The molecule has 116 valence electrons. The van der Waals surface area contributed by atoms with Crippen LogP contribution in [0.2, 0.25) is 0 Å². The van der Waals surface area contributed by atoms with Gasteiger partial charge in [0.1, 0.15) is 5.75 Å². The largest absolute Gasteiger partial charge is 0.497 e. The molecule has 1 aliphatic carbocycles. The molecule has 0 unspecified atom stereocenters. The van der Waals surface area contributed by atoms with Crippen molar-refractivity contribution in [2.45, 2.75) is 12.8 Å². The Morgan fingerprint density at radius 3 is 2.73 bits per heavy atom. The van der Waals surface area contributed by atoms with Crippen LogP contribution in [0, 0.1) is 23.7 Å². The fourth-order valence-electron chi connectivity index (χ4n) is 3.77. The maximum atomic E-state index is 12.1. The lowest BCUT2D eigenvalue weighted by Gasteiger charge is -2.28. The summed E-state index contributed by atoms with van der Waals surface area (Å²) >= 11 is 0. The molecule has 3 nitrogen and oxygen atoms in total. The Balaban J connectivity index is 1.76. The van der Waals surface area contributed by atoms with E-state index in [0.29, 0.717) is 18.4 Å². The van der Waals surface area contributed by atoms with Gasteiger partial charge in [-0.1, -0.05) is 30.4 Å². The summed E-state index contributed by atoms with van der Waals surface area (Å²) in [5, 5.41) is 0. The molecule has 0 spiro atoms. The number of benzene rings is 1. The molecule has 0 amide bonds. The Hall–Kier alpha value is -2.03. The first-order valence-electron chi connectivity index (χ1n) is 7.84. The lowest BCUT2D eigenvalue weighted by Crippen LogP contribution is -2.33. The minimum atomic E-state index is -0.0371. The highest BCUT2D eigenvalue weighted by Crippen LogP contribution is 2.47. The standard InChI is InChI=1S/C19H22O3/c1-3-14-12-15(18-17(14)10-11-22-19(18)20)7-4-13-5-8-16(21-2)9-6-13/h3-9,14-15,17-18H,1,10-12H2,2H3/b7-4+/t14-,15+,17-,18-/m1/s1. The maximum Gasteiger partial charge on any atom is 0.309 e. The molecule has 1 saturated heterocycles. The van der Waals surface area contributed by atoms with E-state index in [2.05, 4.69) is 18.7 Å². The predicted octanol–water partition coefficient (Wildman–Crippen LogP) is 3.71. The van der Waals surface area contributed by atoms with Crippen molar-refractivity contribution < 1.29 is 14.3 Å². The Kier molecular flexibility index (Phi) is 4.32. The summed E-state index contributed by atoms with van der Waals surface area (Å²) in [4.78, 5) is 12.1. The average Bonchev–Trinajstić information content (AvgIpc) is 2.93. The van der Waals surface area contributed by atoms with E-state index in [1.165, 1.54) is 0 Å². The van der Waals surface area contributed by atoms with Crippen LogP contribution in [0.15, 0.2) is 43.0 Å². The number of esters is 1. The van der Waals surface area contributed by atoms with E-state index in [1.54, 1.807) is 7.11 Å². The molecule has 1 heterocycles. The van der Waals surface area contributed by atoms with E-state index in [1.807, 2.05) is 30.3 Å². The number of cyclic esters (lactones) is 1. The number of hydrogen-bond donors (Lipinski definition) is 0.